The Bertz CT molecular complexity index is 1050. The van der Waals surface area contributed by atoms with Gasteiger partial charge < -0.3 is 16.0 Å². The van der Waals surface area contributed by atoms with E-state index in [0.717, 1.165) is 0 Å². The molecule has 3 amide bonds. The summed E-state index contributed by atoms with van der Waals surface area (Å²) in [5, 5.41) is 8.24. The third-order valence-electron chi connectivity index (χ3n) is 4.70. The van der Waals surface area contributed by atoms with E-state index in [2.05, 4.69) is 16.0 Å². The minimum atomic E-state index is -0.753. The maximum absolute atomic E-state index is 12.9. The van der Waals surface area contributed by atoms with E-state index in [1.54, 1.807) is 60.7 Å². The SMILES string of the molecule is CC(C)C(NC(=O)Nc1ccccc1)C(=O)Nc1cccc(C(=O)c2ccccc2)c1. The molecule has 1 atom stereocenters. The zero-order valence-corrected chi connectivity index (χ0v) is 17.5. The number of carbonyl (C=O) groups is 3. The van der Waals surface area contributed by atoms with Crippen molar-refractivity contribution in [3.05, 3.63) is 96.1 Å². The predicted octanol–water partition coefficient (Wildman–Crippen LogP) is 4.70. The van der Waals surface area contributed by atoms with Crippen molar-refractivity contribution in [2.24, 2.45) is 5.92 Å². The molecular weight excluding hydrogens is 390 g/mol. The van der Waals surface area contributed by atoms with Crippen LogP contribution in [0.15, 0.2) is 84.9 Å². The number of anilines is 2. The first-order chi connectivity index (χ1) is 14.9. The minimum absolute atomic E-state index is 0.127. The number of para-hydroxylation sites is 1. The number of ketones is 1. The Kier molecular flexibility index (Phi) is 7.17. The molecular formula is C25H25N3O3. The van der Waals surface area contributed by atoms with Crippen LogP contribution in [-0.4, -0.2) is 23.8 Å². The van der Waals surface area contributed by atoms with E-state index in [0.29, 0.717) is 22.5 Å². The number of rotatable bonds is 7. The summed E-state index contributed by atoms with van der Waals surface area (Å²) in [6.07, 6.45) is 0. The van der Waals surface area contributed by atoms with Crippen molar-refractivity contribution in [3.8, 4) is 0 Å². The van der Waals surface area contributed by atoms with Crippen LogP contribution in [-0.2, 0) is 4.79 Å². The second kappa shape index (κ2) is 10.2. The van der Waals surface area contributed by atoms with Crippen molar-refractivity contribution in [2.75, 3.05) is 10.6 Å². The van der Waals surface area contributed by atoms with E-state index in [1.807, 2.05) is 38.1 Å². The average molecular weight is 415 g/mol. The fourth-order valence-corrected chi connectivity index (χ4v) is 3.08. The van der Waals surface area contributed by atoms with Crippen LogP contribution in [0, 0.1) is 5.92 Å². The second-order valence-corrected chi connectivity index (χ2v) is 7.45. The van der Waals surface area contributed by atoms with Gasteiger partial charge in [-0.2, -0.15) is 0 Å². The minimum Gasteiger partial charge on any atom is -0.326 e. The lowest BCUT2D eigenvalue weighted by molar-refractivity contribution is -0.118. The highest BCUT2D eigenvalue weighted by atomic mass is 16.2. The molecule has 0 fully saturated rings. The molecule has 0 spiro atoms. The molecule has 0 radical (unpaired) electrons. The van der Waals surface area contributed by atoms with Gasteiger partial charge in [-0.25, -0.2) is 4.79 Å². The van der Waals surface area contributed by atoms with Gasteiger partial charge in [-0.3, -0.25) is 9.59 Å². The Morgan fingerprint density at radius 3 is 1.90 bits per heavy atom. The normalized spacial score (nSPS) is 11.5. The van der Waals surface area contributed by atoms with Crippen molar-refractivity contribution < 1.29 is 14.4 Å². The van der Waals surface area contributed by atoms with Crippen LogP contribution in [0.3, 0.4) is 0 Å². The molecule has 31 heavy (non-hydrogen) atoms. The highest BCUT2D eigenvalue weighted by Gasteiger charge is 2.24. The Morgan fingerprint density at radius 1 is 0.677 bits per heavy atom. The number of urea groups is 1. The van der Waals surface area contributed by atoms with Crippen LogP contribution >= 0.6 is 0 Å². The molecule has 3 aromatic rings. The molecule has 0 aliphatic heterocycles. The smallest absolute Gasteiger partial charge is 0.319 e. The van der Waals surface area contributed by atoms with E-state index < -0.39 is 12.1 Å². The first-order valence-electron chi connectivity index (χ1n) is 10.1. The van der Waals surface area contributed by atoms with Gasteiger partial charge in [-0.15, -0.1) is 0 Å². The second-order valence-electron chi connectivity index (χ2n) is 7.45. The highest BCUT2D eigenvalue weighted by molar-refractivity contribution is 6.10. The molecule has 0 aliphatic carbocycles. The third kappa shape index (κ3) is 6.02. The Labute approximate surface area is 181 Å². The summed E-state index contributed by atoms with van der Waals surface area (Å²) in [6, 6.07) is 23.5. The van der Waals surface area contributed by atoms with Crippen molar-refractivity contribution in [1.82, 2.24) is 5.32 Å². The molecule has 3 aromatic carbocycles. The Balaban J connectivity index is 1.68. The van der Waals surface area contributed by atoms with Crippen LogP contribution in [0.1, 0.15) is 29.8 Å². The van der Waals surface area contributed by atoms with E-state index in [1.165, 1.54) is 0 Å². The number of carbonyl (C=O) groups excluding carboxylic acids is 3. The van der Waals surface area contributed by atoms with Crippen LogP contribution in [0.25, 0.3) is 0 Å². The molecule has 6 heteroatoms. The lowest BCUT2D eigenvalue weighted by Crippen LogP contribution is -2.48. The number of nitrogens with one attached hydrogen (secondary N) is 3. The molecule has 1 unspecified atom stereocenters. The molecule has 0 aliphatic rings. The summed E-state index contributed by atoms with van der Waals surface area (Å²) in [7, 11) is 0. The Hall–Kier alpha value is -3.93. The first-order valence-corrected chi connectivity index (χ1v) is 10.1. The molecule has 0 aromatic heterocycles. The molecule has 3 N–H and O–H groups in total. The van der Waals surface area contributed by atoms with Gasteiger partial charge in [0.05, 0.1) is 0 Å². The predicted molar refractivity (Wildman–Crippen MR) is 122 cm³/mol. The average Bonchev–Trinajstić information content (AvgIpc) is 2.78. The summed E-state index contributed by atoms with van der Waals surface area (Å²) in [5.41, 5.74) is 2.17. The molecule has 0 saturated carbocycles. The molecule has 3 rings (SSSR count). The first kappa shape index (κ1) is 21.8. The zero-order chi connectivity index (χ0) is 22.2. The van der Waals surface area contributed by atoms with Gasteiger partial charge in [-0.05, 0) is 30.2 Å². The van der Waals surface area contributed by atoms with E-state index >= 15 is 0 Å². The number of amides is 3. The van der Waals surface area contributed by atoms with Crippen LogP contribution in [0.4, 0.5) is 16.2 Å². The third-order valence-corrected chi connectivity index (χ3v) is 4.70. The number of hydrogen-bond acceptors (Lipinski definition) is 3. The molecule has 0 bridgehead atoms. The Morgan fingerprint density at radius 2 is 1.26 bits per heavy atom. The van der Waals surface area contributed by atoms with Crippen molar-refractivity contribution >= 4 is 29.1 Å². The van der Waals surface area contributed by atoms with E-state index in [-0.39, 0.29) is 17.6 Å². The summed E-state index contributed by atoms with van der Waals surface area (Å²) in [6.45, 7) is 3.70. The largest absolute Gasteiger partial charge is 0.326 e. The molecule has 0 heterocycles. The standard InChI is InChI=1S/C25H25N3O3/c1-17(2)22(28-25(31)27-20-13-7-4-8-14-20)24(30)26-21-15-9-12-19(16-21)23(29)18-10-5-3-6-11-18/h3-17,22H,1-2H3,(H,26,30)(H2,27,28,31). The van der Waals surface area contributed by atoms with Gasteiger partial charge in [0.15, 0.2) is 5.78 Å². The van der Waals surface area contributed by atoms with Gasteiger partial charge in [0.1, 0.15) is 6.04 Å². The van der Waals surface area contributed by atoms with Crippen LogP contribution < -0.4 is 16.0 Å². The summed E-state index contributed by atoms with van der Waals surface area (Å²) in [4.78, 5) is 37.9. The number of benzene rings is 3. The topological polar surface area (TPSA) is 87.3 Å². The van der Waals surface area contributed by atoms with E-state index in [9.17, 15) is 14.4 Å². The van der Waals surface area contributed by atoms with Gasteiger partial charge >= 0.3 is 6.03 Å². The fourth-order valence-electron chi connectivity index (χ4n) is 3.08. The van der Waals surface area contributed by atoms with Crippen LogP contribution in [0.5, 0.6) is 0 Å². The maximum Gasteiger partial charge on any atom is 0.319 e. The quantitative estimate of drug-likeness (QED) is 0.489. The lowest BCUT2D eigenvalue weighted by atomic mass is 10.0. The summed E-state index contributed by atoms with van der Waals surface area (Å²) >= 11 is 0. The van der Waals surface area contributed by atoms with Gasteiger partial charge in [-0.1, -0.05) is 74.5 Å². The molecule has 0 saturated heterocycles. The molecule has 6 nitrogen and oxygen atoms in total. The van der Waals surface area contributed by atoms with Gasteiger partial charge in [0.2, 0.25) is 5.91 Å². The van der Waals surface area contributed by atoms with Crippen LogP contribution in [0.2, 0.25) is 0 Å². The molecule has 158 valence electrons. The van der Waals surface area contributed by atoms with Crippen molar-refractivity contribution in [1.29, 1.82) is 0 Å². The monoisotopic (exact) mass is 415 g/mol. The van der Waals surface area contributed by atoms with Crippen molar-refractivity contribution in [2.45, 2.75) is 19.9 Å². The lowest BCUT2D eigenvalue weighted by Gasteiger charge is -2.22. The fraction of sp³-hybridized carbons (Fsp3) is 0.160. The van der Waals surface area contributed by atoms with Gasteiger partial charge in [0, 0.05) is 22.5 Å². The summed E-state index contributed by atoms with van der Waals surface area (Å²) in [5.74, 6) is -0.629. The van der Waals surface area contributed by atoms with Gasteiger partial charge in [0.25, 0.3) is 0 Å². The van der Waals surface area contributed by atoms with E-state index in [4.69, 9.17) is 0 Å². The summed E-state index contributed by atoms with van der Waals surface area (Å²) < 4.78 is 0. The number of hydrogen-bond donors (Lipinski definition) is 3. The maximum atomic E-state index is 12.9. The highest BCUT2D eigenvalue weighted by Crippen LogP contribution is 2.16. The van der Waals surface area contributed by atoms with Crippen molar-refractivity contribution in [3.63, 3.8) is 0 Å². The zero-order valence-electron chi connectivity index (χ0n) is 17.5.